The summed E-state index contributed by atoms with van der Waals surface area (Å²) < 4.78 is 10.5. The molecule has 1 atom stereocenters. The Morgan fingerprint density at radius 2 is 1.82 bits per heavy atom. The van der Waals surface area contributed by atoms with Gasteiger partial charge in [0.05, 0.1) is 0 Å². The van der Waals surface area contributed by atoms with Gasteiger partial charge in [0.25, 0.3) is 0 Å². The number of aryl methyl sites for hydroxylation is 1. The summed E-state index contributed by atoms with van der Waals surface area (Å²) in [7, 11) is 0. The smallest absolute Gasteiger partial charge is 0.408 e. The molecule has 7 nitrogen and oxygen atoms in total. The summed E-state index contributed by atoms with van der Waals surface area (Å²) in [5.74, 6) is -0.413. The number of amides is 2. The van der Waals surface area contributed by atoms with Crippen LogP contribution in [0.3, 0.4) is 0 Å². The van der Waals surface area contributed by atoms with Gasteiger partial charge >= 0.3 is 11.7 Å². The van der Waals surface area contributed by atoms with Crippen molar-refractivity contribution in [2.75, 3.05) is 5.32 Å². The van der Waals surface area contributed by atoms with Crippen LogP contribution in [-0.4, -0.2) is 18.0 Å². The van der Waals surface area contributed by atoms with Crippen molar-refractivity contribution in [3.8, 4) is 0 Å². The molecule has 0 saturated carbocycles. The number of alkyl carbamates (subject to hydrolysis) is 1. The first kappa shape index (κ1) is 24.0. The van der Waals surface area contributed by atoms with Crippen LogP contribution in [-0.2, 0) is 22.6 Å². The van der Waals surface area contributed by atoms with E-state index in [0.29, 0.717) is 11.3 Å². The molecule has 2 amide bonds. The number of fused-ring (bicyclic) bond motifs is 1. The molecule has 174 valence electrons. The standard InChI is InChI=1S/C26H30N2O5/c1-3-4-5-9-12-20-15-24(29)33-23-16-21(13-14-22(20)23)28-25(30)18(2)27-26(31)32-17-19-10-7-6-8-11-19/h6-8,10-11,13-16,18H,3-5,9,12,17H2,1-2H3,(H,27,31)(H,28,30)/t18-/m0/s1. The zero-order chi connectivity index (χ0) is 23.6. The predicted molar refractivity (Wildman–Crippen MR) is 128 cm³/mol. The highest BCUT2D eigenvalue weighted by molar-refractivity contribution is 5.97. The molecule has 1 aromatic heterocycles. The monoisotopic (exact) mass is 450 g/mol. The van der Waals surface area contributed by atoms with Gasteiger partial charge in [0.2, 0.25) is 5.91 Å². The molecule has 0 bridgehead atoms. The minimum absolute atomic E-state index is 0.117. The van der Waals surface area contributed by atoms with Crippen molar-refractivity contribution < 1.29 is 18.7 Å². The summed E-state index contributed by atoms with van der Waals surface area (Å²) in [6, 6.07) is 15.2. The van der Waals surface area contributed by atoms with Gasteiger partial charge in [-0.05, 0) is 43.0 Å². The Bertz CT molecular complexity index is 1140. The summed E-state index contributed by atoms with van der Waals surface area (Å²) in [6.07, 6.45) is 4.57. The third-order valence-corrected chi connectivity index (χ3v) is 5.34. The molecule has 2 N–H and O–H groups in total. The van der Waals surface area contributed by atoms with Crippen molar-refractivity contribution in [1.82, 2.24) is 5.32 Å². The van der Waals surface area contributed by atoms with Crippen molar-refractivity contribution >= 4 is 28.7 Å². The van der Waals surface area contributed by atoms with Gasteiger partial charge in [-0.25, -0.2) is 9.59 Å². The highest BCUT2D eigenvalue weighted by atomic mass is 16.5. The molecule has 2 aromatic carbocycles. The van der Waals surface area contributed by atoms with E-state index in [9.17, 15) is 14.4 Å². The summed E-state index contributed by atoms with van der Waals surface area (Å²) in [5, 5.41) is 6.11. The number of anilines is 1. The fourth-order valence-corrected chi connectivity index (χ4v) is 3.51. The highest BCUT2D eigenvalue weighted by Crippen LogP contribution is 2.23. The third kappa shape index (κ3) is 7.20. The maximum Gasteiger partial charge on any atom is 0.408 e. The largest absolute Gasteiger partial charge is 0.445 e. The lowest BCUT2D eigenvalue weighted by atomic mass is 10.0. The lowest BCUT2D eigenvalue weighted by molar-refractivity contribution is -0.117. The van der Waals surface area contributed by atoms with E-state index in [1.807, 2.05) is 36.4 Å². The summed E-state index contributed by atoms with van der Waals surface area (Å²) >= 11 is 0. The zero-order valence-electron chi connectivity index (χ0n) is 19.1. The molecule has 0 spiro atoms. The maximum absolute atomic E-state index is 12.5. The predicted octanol–water partition coefficient (Wildman–Crippen LogP) is 5.17. The van der Waals surface area contributed by atoms with Gasteiger partial charge in [-0.2, -0.15) is 0 Å². The Kier molecular flexibility index (Phi) is 8.63. The van der Waals surface area contributed by atoms with Crippen LogP contribution in [0.15, 0.2) is 63.8 Å². The topological polar surface area (TPSA) is 97.6 Å². The van der Waals surface area contributed by atoms with Crippen LogP contribution in [0.4, 0.5) is 10.5 Å². The Hall–Kier alpha value is -3.61. The van der Waals surface area contributed by atoms with Gasteiger partial charge in [0, 0.05) is 23.2 Å². The Morgan fingerprint density at radius 1 is 1.03 bits per heavy atom. The van der Waals surface area contributed by atoms with Crippen molar-refractivity contribution in [2.24, 2.45) is 0 Å². The number of nitrogens with one attached hydrogen (secondary N) is 2. The second kappa shape index (κ2) is 11.9. The van der Waals surface area contributed by atoms with Gasteiger partial charge in [-0.15, -0.1) is 0 Å². The van der Waals surface area contributed by atoms with E-state index in [1.165, 1.54) is 6.42 Å². The minimum Gasteiger partial charge on any atom is -0.445 e. The molecule has 3 aromatic rings. The molecule has 0 saturated heterocycles. The van der Waals surface area contributed by atoms with Gasteiger partial charge in [0.15, 0.2) is 0 Å². The van der Waals surface area contributed by atoms with E-state index < -0.39 is 23.7 Å². The Labute approximate surface area is 193 Å². The molecule has 7 heteroatoms. The number of ether oxygens (including phenoxy) is 1. The van der Waals surface area contributed by atoms with Crippen LogP contribution in [0.25, 0.3) is 11.0 Å². The van der Waals surface area contributed by atoms with E-state index in [1.54, 1.807) is 25.1 Å². The van der Waals surface area contributed by atoms with E-state index in [-0.39, 0.29) is 6.61 Å². The second-order valence-corrected chi connectivity index (χ2v) is 8.03. The van der Waals surface area contributed by atoms with E-state index in [4.69, 9.17) is 9.15 Å². The fourth-order valence-electron chi connectivity index (χ4n) is 3.51. The molecule has 0 aliphatic heterocycles. The van der Waals surface area contributed by atoms with Crippen LogP contribution in [0.2, 0.25) is 0 Å². The van der Waals surface area contributed by atoms with Crippen molar-refractivity contribution in [3.63, 3.8) is 0 Å². The van der Waals surface area contributed by atoms with Gasteiger partial charge in [0.1, 0.15) is 18.2 Å². The SMILES string of the molecule is CCCCCCc1cc(=O)oc2cc(NC(=O)[C@H](C)NC(=O)OCc3ccccc3)ccc12. The molecule has 0 aliphatic carbocycles. The van der Waals surface area contributed by atoms with Crippen molar-refractivity contribution in [3.05, 3.63) is 76.1 Å². The quantitative estimate of drug-likeness (QED) is 0.328. The van der Waals surface area contributed by atoms with Crippen LogP contribution in [0, 0.1) is 0 Å². The van der Waals surface area contributed by atoms with Crippen molar-refractivity contribution in [2.45, 2.75) is 58.6 Å². The van der Waals surface area contributed by atoms with Crippen LogP contribution >= 0.6 is 0 Å². The molecule has 1 heterocycles. The summed E-state index contributed by atoms with van der Waals surface area (Å²) in [4.78, 5) is 36.5. The van der Waals surface area contributed by atoms with Crippen LogP contribution < -0.4 is 16.3 Å². The maximum atomic E-state index is 12.5. The average molecular weight is 451 g/mol. The normalized spacial score (nSPS) is 11.7. The summed E-state index contributed by atoms with van der Waals surface area (Å²) in [6.45, 7) is 3.84. The molecule has 0 radical (unpaired) electrons. The fraction of sp³-hybridized carbons (Fsp3) is 0.346. The molecule has 0 fully saturated rings. The minimum atomic E-state index is -0.819. The van der Waals surface area contributed by atoms with E-state index in [0.717, 1.165) is 42.2 Å². The number of hydrogen-bond acceptors (Lipinski definition) is 5. The van der Waals surface area contributed by atoms with Crippen LogP contribution in [0.1, 0.15) is 50.7 Å². The molecule has 33 heavy (non-hydrogen) atoms. The Balaban J connectivity index is 1.59. The number of carbonyl (C=O) groups excluding carboxylic acids is 2. The molecule has 3 rings (SSSR count). The van der Waals surface area contributed by atoms with Gasteiger partial charge in [-0.1, -0.05) is 56.5 Å². The number of carbonyl (C=O) groups is 2. The number of hydrogen-bond donors (Lipinski definition) is 2. The molecule has 0 aliphatic rings. The lowest BCUT2D eigenvalue weighted by Gasteiger charge is -2.15. The van der Waals surface area contributed by atoms with Gasteiger partial charge in [-0.3, -0.25) is 4.79 Å². The first-order chi connectivity index (χ1) is 16.0. The van der Waals surface area contributed by atoms with E-state index in [2.05, 4.69) is 17.6 Å². The van der Waals surface area contributed by atoms with Gasteiger partial charge < -0.3 is 19.8 Å². The average Bonchev–Trinajstić information content (AvgIpc) is 2.80. The number of benzene rings is 2. The second-order valence-electron chi connectivity index (χ2n) is 8.03. The lowest BCUT2D eigenvalue weighted by Crippen LogP contribution is -2.41. The first-order valence-electron chi connectivity index (χ1n) is 11.3. The third-order valence-electron chi connectivity index (χ3n) is 5.34. The van der Waals surface area contributed by atoms with Crippen molar-refractivity contribution in [1.29, 1.82) is 0 Å². The zero-order valence-corrected chi connectivity index (χ0v) is 19.1. The summed E-state index contributed by atoms with van der Waals surface area (Å²) in [5.41, 5.74) is 2.30. The molecular weight excluding hydrogens is 420 g/mol. The first-order valence-corrected chi connectivity index (χ1v) is 11.3. The molecular formula is C26H30N2O5. The number of unbranched alkanes of at least 4 members (excludes halogenated alkanes) is 3. The van der Waals surface area contributed by atoms with Crippen LogP contribution in [0.5, 0.6) is 0 Å². The highest BCUT2D eigenvalue weighted by Gasteiger charge is 2.17. The Morgan fingerprint density at radius 3 is 2.58 bits per heavy atom. The number of rotatable bonds is 10. The van der Waals surface area contributed by atoms with E-state index >= 15 is 0 Å². The molecule has 0 unspecified atom stereocenters.